The van der Waals surface area contributed by atoms with Crippen LogP contribution in [0.4, 0.5) is 0 Å². The molecule has 0 aromatic heterocycles. The van der Waals surface area contributed by atoms with Crippen molar-refractivity contribution in [2.24, 2.45) is 17.4 Å². The van der Waals surface area contributed by atoms with Crippen molar-refractivity contribution < 1.29 is 4.79 Å². The van der Waals surface area contributed by atoms with Crippen LogP contribution in [0.1, 0.15) is 12.8 Å². The van der Waals surface area contributed by atoms with Crippen LogP contribution in [-0.2, 0) is 4.79 Å². The van der Waals surface area contributed by atoms with E-state index < -0.39 is 0 Å². The number of carbonyl (C=O) groups is 1. The molecule has 56 valence electrons. The summed E-state index contributed by atoms with van der Waals surface area (Å²) in [7, 11) is 0. The zero-order valence-electron chi connectivity index (χ0n) is 5.79. The zero-order valence-corrected chi connectivity index (χ0v) is 5.79. The smallest absolute Gasteiger partial charge is 0.220 e. The Kier molecular flexibility index (Phi) is 2.06. The number of primary amides is 1. The van der Waals surface area contributed by atoms with Gasteiger partial charge in [0.25, 0.3) is 0 Å². The normalized spacial score (nSPS) is 32.1. The molecule has 0 bridgehead atoms. The van der Waals surface area contributed by atoms with Crippen LogP contribution in [-0.4, -0.2) is 11.9 Å². The van der Waals surface area contributed by atoms with Crippen LogP contribution in [0.5, 0.6) is 0 Å². The van der Waals surface area contributed by atoms with E-state index >= 15 is 0 Å². The van der Waals surface area contributed by atoms with Crippen LogP contribution in [0, 0.1) is 5.92 Å². The molecule has 1 rings (SSSR count). The number of hydrogen-bond acceptors (Lipinski definition) is 2. The summed E-state index contributed by atoms with van der Waals surface area (Å²) in [4.78, 5) is 10.6. The molecule has 0 aromatic rings. The predicted octanol–water partition coefficient (Wildman–Crippen LogP) is -0.235. The topological polar surface area (TPSA) is 69.1 Å². The Morgan fingerprint density at radius 1 is 1.60 bits per heavy atom. The summed E-state index contributed by atoms with van der Waals surface area (Å²) in [6.45, 7) is 0. The van der Waals surface area contributed by atoms with Gasteiger partial charge in [-0.3, -0.25) is 4.79 Å². The lowest BCUT2D eigenvalue weighted by Crippen LogP contribution is -2.32. The van der Waals surface area contributed by atoms with Gasteiger partial charge >= 0.3 is 0 Å². The lowest BCUT2D eigenvalue weighted by molar-refractivity contribution is -0.122. The van der Waals surface area contributed by atoms with E-state index in [1.165, 1.54) is 0 Å². The number of amides is 1. The molecule has 0 heterocycles. The molecule has 0 saturated carbocycles. The van der Waals surface area contributed by atoms with Crippen molar-refractivity contribution in [1.82, 2.24) is 0 Å². The minimum Gasteiger partial charge on any atom is -0.369 e. The van der Waals surface area contributed by atoms with E-state index in [-0.39, 0.29) is 17.9 Å². The van der Waals surface area contributed by atoms with E-state index in [1.807, 2.05) is 12.2 Å². The van der Waals surface area contributed by atoms with Crippen molar-refractivity contribution in [1.29, 1.82) is 0 Å². The fourth-order valence-electron chi connectivity index (χ4n) is 1.15. The van der Waals surface area contributed by atoms with Gasteiger partial charge in [-0.1, -0.05) is 12.2 Å². The zero-order chi connectivity index (χ0) is 7.56. The Balaban J connectivity index is 2.52. The highest BCUT2D eigenvalue weighted by Gasteiger charge is 2.19. The standard InChI is InChI=1S/C7H12N2O/c8-6-3-1-2-5(4-6)7(9)10/h1,3,5-6H,2,4,8H2,(H2,9,10)/t5-,6+/m0/s1. The molecule has 1 amide bonds. The molecule has 1 aliphatic rings. The van der Waals surface area contributed by atoms with Crippen molar-refractivity contribution in [3.8, 4) is 0 Å². The molecule has 0 aliphatic heterocycles. The third-order valence-electron chi connectivity index (χ3n) is 1.76. The van der Waals surface area contributed by atoms with Gasteiger partial charge in [-0.2, -0.15) is 0 Å². The average molecular weight is 140 g/mol. The molecule has 0 fully saturated rings. The molecule has 10 heavy (non-hydrogen) atoms. The number of nitrogens with two attached hydrogens (primary N) is 2. The number of rotatable bonds is 1. The monoisotopic (exact) mass is 140 g/mol. The van der Waals surface area contributed by atoms with Gasteiger partial charge in [0.05, 0.1) is 0 Å². The van der Waals surface area contributed by atoms with Crippen molar-refractivity contribution >= 4 is 5.91 Å². The summed E-state index contributed by atoms with van der Waals surface area (Å²) in [6, 6.07) is 0.0197. The average Bonchev–Trinajstić information content (AvgIpc) is 1.88. The molecule has 0 saturated heterocycles. The van der Waals surface area contributed by atoms with E-state index in [0.717, 1.165) is 6.42 Å². The van der Waals surface area contributed by atoms with Crippen LogP contribution in [0.3, 0.4) is 0 Å². The minimum absolute atomic E-state index is 0.0197. The molecule has 0 unspecified atom stereocenters. The highest BCUT2D eigenvalue weighted by molar-refractivity contribution is 5.77. The molecular formula is C7H12N2O. The molecule has 0 aromatic carbocycles. The highest BCUT2D eigenvalue weighted by Crippen LogP contribution is 2.16. The second-order valence-electron chi connectivity index (χ2n) is 2.66. The maximum Gasteiger partial charge on any atom is 0.220 e. The van der Waals surface area contributed by atoms with Gasteiger partial charge < -0.3 is 11.5 Å². The summed E-state index contributed by atoms with van der Waals surface area (Å²) >= 11 is 0. The van der Waals surface area contributed by atoms with Crippen molar-refractivity contribution in [3.05, 3.63) is 12.2 Å². The largest absolute Gasteiger partial charge is 0.369 e. The Morgan fingerprint density at radius 3 is 2.70 bits per heavy atom. The number of hydrogen-bond donors (Lipinski definition) is 2. The minimum atomic E-state index is -0.236. The fourth-order valence-corrected chi connectivity index (χ4v) is 1.15. The quantitative estimate of drug-likeness (QED) is 0.494. The van der Waals surface area contributed by atoms with E-state index in [2.05, 4.69) is 0 Å². The first-order valence-electron chi connectivity index (χ1n) is 3.41. The van der Waals surface area contributed by atoms with Crippen LogP contribution in [0.15, 0.2) is 12.2 Å². The lowest BCUT2D eigenvalue weighted by atomic mass is 9.91. The first-order chi connectivity index (χ1) is 4.70. The Bertz CT molecular complexity index is 165. The summed E-state index contributed by atoms with van der Waals surface area (Å²) in [5, 5.41) is 0. The molecule has 3 nitrogen and oxygen atoms in total. The number of carbonyl (C=O) groups excluding carboxylic acids is 1. The molecule has 2 atom stereocenters. The molecular weight excluding hydrogens is 128 g/mol. The Hall–Kier alpha value is -0.830. The second kappa shape index (κ2) is 2.84. The van der Waals surface area contributed by atoms with E-state index in [1.54, 1.807) is 0 Å². The van der Waals surface area contributed by atoms with Gasteiger partial charge in [0.2, 0.25) is 5.91 Å². The third kappa shape index (κ3) is 1.57. The van der Waals surface area contributed by atoms with Crippen LogP contribution < -0.4 is 11.5 Å². The maximum absolute atomic E-state index is 10.6. The molecule has 4 N–H and O–H groups in total. The van der Waals surface area contributed by atoms with Crippen LogP contribution >= 0.6 is 0 Å². The SMILES string of the molecule is NC(=O)[C@H]1CC=C[C@@H](N)C1. The van der Waals surface area contributed by atoms with Gasteiger partial charge in [0.15, 0.2) is 0 Å². The van der Waals surface area contributed by atoms with Gasteiger partial charge in [-0.15, -0.1) is 0 Å². The Labute approximate surface area is 60.1 Å². The second-order valence-corrected chi connectivity index (χ2v) is 2.66. The lowest BCUT2D eigenvalue weighted by Gasteiger charge is -2.18. The highest BCUT2D eigenvalue weighted by atomic mass is 16.1. The fraction of sp³-hybridized carbons (Fsp3) is 0.571. The van der Waals surface area contributed by atoms with Crippen molar-refractivity contribution in [3.63, 3.8) is 0 Å². The molecule has 1 aliphatic carbocycles. The van der Waals surface area contributed by atoms with Crippen LogP contribution in [0.2, 0.25) is 0 Å². The van der Waals surface area contributed by atoms with E-state index in [9.17, 15) is 4.79 Å². The van der Waals surface area contributed by atoms with Crippen molar-refractivity contribution in [2.45, 2.75) is 18.9 Å². The van der Waals surface area contributed by atoms with Gasteiger partial charge in [-0.25, -0.2) is 0 Å². The van der Waals surface area contributed by atoms with E-state index in [0.29, 0.717) is 6.42 Å². The van der Waals surface area contributed by atoms with Gasteiger partial charge in [-0.05, 0) is 12.8 Å². The Morgan fingerprint density at radius 2 is 2.30 bits per heavy atom. The first-order valence-corrected chi connectivity index (χ1v) is 3.41. The summed E-state index contributed by atoms with van der Waals surface area (Å²) in [5.74, 6) is -0.278. The number of allylic oxidation sites excluding steroid dienone is 1. The van der Waals surface area contributed by atoms with Crippen molar-refractivity contribution in [2.75, 3.05) is 0 Å². The molecule has 3 heteroatoms. The van der Waals surface area contributed by atoms with Gasteiger partial charge in [0.1, 0.15) is 0 Å². The van der Waals surface area contributed by atoms with Crippen LogP contribution in [0.25, 0.3) is 0 Å². The van der Waals surface area contributed by atoms with E-state index in [4.69, 9.17) is 11.5 Å². The summed E-state index contributed by atoms with van der Waals surface area (Å²) < 4.78 is 0. The first kappa shape index (κ1) is 7.28. The summed E-state index contributed by atoms with van der Waals surface area (Å²) in [6.07, 6.45) is 5.29. The summed E-state index contributed by atoms with van der Waals surface area (Å²) in [5.41, 5.74) is 10.7. The van der Waals surface area contributed by atoms with Gasteiger partial charge in [0, 0.05) is 12.0 Å². The maximum atomic E-state index is 10.6. The third-order valence-corrected chi connectivity index (χ3v) is 1.76. The molecule has 0 radical (unpaired) electrons. The molecule has 0 spiro atoms. The predicted molar refractivity (Wildman–Crippen MR) is 39.0 cm³/mol.